The van der Waals surface area contributed by atoms with Gasteiger partial charge in [-0.25, -0.2) is 0 Å². The summed E-state index contributed by atoms with van der Waals surface area (Å²) >= 11 is 0. The molecule has 0 saturated heterocycles. The van der Waals surface area contributed by atoms with E-state index in [1.54, 1.807) is 13.0 Å². The number of hydrogen-bond donors (Lipinski definition) is 0. The third-order valence-electron chi connectivity index (χ3n) is 1.23. The fourth-order valence-electron chi connectivity index (χ4n) is 0.568. The van der Waals surface area contributed by atoms with Gasteiger partial charge in [0.1, 0.15) is 6.29 Å². The number of ether oxygens (including phenoxy) is 1. The van der Waals surface area contributed by atoms with Crippen LogP contribution in [0.15, 0.2) is 11.6 Å². The highest BCUT2D eigenvalue weighted by Crippen LogP contribution is 1.96. The number of rotatable bonds is 4. The van der Waals surface area contributed by atoms with Crippen LogP contribution in [-0.2, 0) is 14.3 Å². The molecule has 0 aliphatic carbocycles. The van der Waals surface area contributed by atoms with Gasteiger partial charge in [-0.2, -0.15) is 0 Å². The predicted octanol–water partition coefficient (Wildman–Crippen LogP) is 1.08. The first-order chi connectivity index (χ1) is 5.20. The summed E-state index contributed by atoms with van der Waals surface area (Å²) in [6.45, 7) is 1.70. The number of esters is 1. The van der Waals surface area contributed by atoms with Crippen LogP contribution in [-0.4, -0.2) is 19.4 Å². The number of methoxy groups -OCH3 is 1. The van der Waals surface area contributed by atoms with Gasteiger partial charge in [-0.05, 0) is 18.9 Å². The normalized spacial score (nSPS) is 10.9. The van der Waals surface area contributed by atoms with Gasteiger partial charge in [-0.1, -0.05) is 6.08 Å². The molecular weight excluding hydrogens is 144 g/mol. The second-order valence-corrected chi connectivity index (χ2v) is 2.18. The van der Waals surface area contributed by atoms with Crippen LogP contribution < -0.4 is 0 Å². The molecule has 0 bridgehead atoms. The minimum Gasteiger partial charge on any atom is -0.469 e. The molecule has 3 heteroatoms. The zero-order valence-corrected chi connectivity index (χ0v) is 6.79. The van der Waals surface area contributed by atoms with Gasteiger partial charge in [-0.15, -0.1) is 0 Å². The Morgan fingerprint density at radius 3 is 2.64 bits per heavy atom. The number of allylic oxidation sites excluding steroid dienone is 2. The summed E-state index contributed by atoms with van der Waals surface area (Å²) in [5.74, 6) is -0.250. The lowest BCUT2D eigenvalue weighted by atomic mass is 10.2. The van der Waals surface area contributed by atoms with Gasteiger partial charge in [0.2, 0.25) is 0 Å². The zero-order valence-electron chi connectivity index (χ0n) is 6.79. The molecule has 0 aliphatic rings. The van der Waals surface area contributed by atoms with Crippen LogP contribution in [0.2, 0.25) is 0 Å². The Labute approximate surface area is 66.0 Å². The molecule has 11 heavy (non-hydrogen) atoms. The molecular formula is C8H12O3. The number of aldehydes is 1. The molecule has 0 heterocycles. The highest BCUT2D eigenvalue weighted by Gasteiger charge is 1.96. The molecule has 0 spiro atoms. The smallest absolute Gasteiger partial charge is 0.305 e. The van der Waals surface area contributed by atoms with Gasteiger partial charge in [0.15, 0.2) is 0 Å². The summed E-state index contributed by atoms with van der Waals surface area (Å²) in [4.78, 5) is 20.6. The third kappa shape index (κ3) is 5.33. The first-order valence-electron chi connectivity index (χ1n) is 3.39. The van der Waals surface area contributed by atoms with Crippen LogP contribution in [0.5, 0.6) is 0 Å². The van der Waals surface area contributed by atoms with E-state index < -0.39 is 0 Å². The van der Waals surface area contributed by atoms with Crippen LogP contribution in [0.4, 0.5) is 0 Å². The molecule has 0 fully saturated rings. The van der Waals surface area contributed by atoms with Gasteiger partial charge in [-0.3, -0.25) is 9.59 Å². The van der Waals surface area contributed by atoms with Gasteiger partial charge in [0.05, 0.1) is 7.11 Å². The monoisotopic (exact) mass is 156 g/mol. The van der Waals surface area contributed by atoms with E-state index in [4.69, 9.17) is 0 Å². The average Bonchev–Trinajstić information content (AvgIpc) is 2.04. The second kappa shape index (κ2) is 5.65. The Morgan fingerprint density at radius 2 is 2.18 bits per heavy atom. The number of carbonyl (C=O) groups excluding carboxylic acids is 2. The quantitative estimate of drug-likeness (QED) is 0.347. The Balaban J connectivity index is 3.56. The minimum atomic E-state index is -0.250. The first-order valence-corrected chi connectivity index (χ1v) is 3.39. The van der Waals surface area contributed by atoms with Crippen molar-refractivity contribution in [2.75, 3.05) is 7.11 Å². The van der Waals surface area contributed by atoms with Crippen molar-refractivity contribution in [1.29, 1.82) is 0 Å². The molecule has 0 N–H and O–H groups in total. The van der Waals surface area contributed by atoms with Gasteiger partial charge in [0, 0.05) is 6.42 Å². The zero-order chi connectivity index (χ0) is 8.69. The van der Waals surface area contributed by atoms with Crippen molar-refractivity contribution in [3.63, 3.8) is 0 Å². The van der Waals surface area contributed by atoms with Gasteiger partial charge < -0.3 is 4.74 Å². The summed E-state index contributed by atoms with van der Waals surface area (Å²) in [6.07, 6.45) is 3.38. The molecule has 0 aliphatic heterocycles. The maximum atomic E-state index is 10.5. The van der Waals surface area contributed by atoms with E-state index in [1.807, 2.05) is 0 Å². The molecule has 0 amide bonds. The molecule has 0 unspecified atom stereocenters. The molecule has 0 rings (SSSR count). The summed E-state index contributed by atoms with van der Waals surface area (Å²) in [7, 11) is 1.35. The minimum absolute atomic E-state index is 0.250. The summed E-state index contributed by atoms with van der Waals surface area (Å²) < 4.78 is 4.41. The van der Waals surface area contributed by atoms with Crippen LogP contribution in [0.25, 0.3) is 0 Å². The van der Waals surface area contributed by atoms with Crippen LogP contribution in [0, 0.1) is 0 Å². The van der Waals surface area contributed by atoms with E-state index in [2.05, 4.69) is 4.74 Å². The lowest BCUT2D eigenvalue weighted by Crippen LogP contribution is -1.98. The van der Waals surface area contributed by atoms with Crippen LogP contribution in [0.3, 0.4) is 0 Å². The number of carbonyl (C=O) groups is 2. The molecule has 3 nitrogen and oxygen atoms in total. The largest absolute Gasteiger partial charge is 0.469 e. The van der Waals surface area contributed by atoms with Crippen molar-refractivity contribution in [2.45, 2.75) is 19.8 Å². The molecule has 0 aromatic carbocycles. The van der Waals surface area contributed by atoms with E-state index in [0.29, 0.717) is 18.4 Å². The van der Waals surface area contributed by atoms with Crippen molar-refractivity contribution in [3.8, 4) is 0 Å². The van der Waals surface area contributed by atoms with Gasteiger partial charge >= 0.3 is 5.97 Å². The Kier molecular flexibility index (Phi) is 5.07. The van der Waals surface area contributed by atoms with Crippen molar-refractivity contribution in [2.24, 2.45) is 0 Å². The van der Waals surface area contributed by atoms with Gasteiger partial charge in [0.25, 0.3) is 0 Å². The maximum Gasteiger partial charge on any atom is 0.305 e. The van der Waals surface area contributed by atoms with Crippen molar-refractivity contribution >= 4 is 12.3 Å². The maximum absolute atomic E-state index is 10.5. The molecule has 0 atom stereocenters. The Hall–Kier alpha value is -1.12. The van der Waals surface area contributed by atoms with E-state index in [-0.39, 0.29) is 5.97 Å². The highest BCUT2D eigenvalue weighted by molar-refractivity contribution is 5.73. The standard InChI is InChI=1S/C8H12O3/c1-7(6-9)4-3-5-8(10)11-2/h4,6H,3,5H2,1-2H3/b7-4-. The Bertz CT molecular complexity index is 170. The molecule has 0 aromatic rings. The second-order valence-electron chi connectivity index (χ2n) is 2.18. The summed E-state index contributed by atoms with van der Waals surface area (Å²) in [5, 5.41) is 0. The number of hydrogen-bond acceptors (Lipinski definition) is 3. The predicted molar refractivity (Wildman–Crippen MR) is 41.1 cm³/mol. The highest BCUT2D eigenvalue weighted by atomic mass is 16.5. The van der Waals surface area contributed by atoms with Crippen molar-refractivity contribution in [1.82, 2.24) is 0 Å². The SMILES string of the molecule is COC(=O)CC/C=C(/C)C=O. The summed E-state index contributed by atoms with van der Waals surface area (Å²) in [6, 6.07) is 0. The lowest BCUT2D eigenvalue weighted by molar-refractivity contribution is -0.140. The van der Waals surface area contributed by atoms with E-state index in [9.17, 15) is 9.59 Å². The van der Waals surface area contributed by atoms with Crippen LogP contribution >= 0.6 is 0 Å². The Morgan fingerprint density at radius 1 is 1.55 bits per heavy atom. The molecule has 0 radical (unpaired) electrons. The average molecular weight is 156 g/mol. The fourth-order valence-corrected chi connectivity index (χ4v) is 0.568. The molecule has 0 saturated carbocycles. The van der Waals surface area contributed by atoms with E-state index in [0.717, 1.165) is 6.29 Å². The lowest BCUT2D eigenvalue weighted by Gasteiger charge is -1.94. The first kappa shape index (κ1) is 9.88. The molecule has 0 aromatic heterocycles. The molecule has 62 valence electrons. The van der Waals surface area contributed by atoms with Crippen molar-refractivity contribution in [3.05, 3.63) is 11.6 Å². The van der Waals surface area contributed by atoms with Crippen LogP contribution in [0.1, 0.15) is 19.8 Å². The van der Waals surface area contributed by atoms with Crippen molar-refractivity contribution < 1.29 is 14.3 Å². The topological polar surface area (TPSA) is 43.4 Å². The van der Waals surface area contributed by atoms with E-state index in [1.165, 1.54) is 7.11 Å². The fraction of sp³-hybridized carbons (Fsp3) is 0.500. The van der Waals surface area contributed by atoms with E-state index >= 15 is 0 Å². The third-order valence-corrected chi connectivity index (χ3v) is 1.23. The summed E-state index contributed by atoms with van der Waals surface area (Å²) in [5.41, 5.74) is 0.647.